The minimum atomic E-state index is -0.364. The van der Waals surface area contributed by atoms with Gasteiger partial charge in [0.2, 0.25) is 0 Å². The van der Waals surface area contributed by atoms with Gasteiger partial charge in [0.05, 0.1) is 10.0 Å². The standard InChI is InChI=1S/C14H14Cl2N4O/c1-8(2)17-13-6-5-12(19-20-13)14(21)18-9-3-4-10(15)11(16)7-9/h3-8H,1-2H3,(H,17,20)(H,18,21). The lowest BCUT2D eigenvalue weighted by molar-refractivity contribution is 0.102. The fourth-order valence-electron chi connectivity index (χ4n) is 1.60. The molecule has 0 atom stereocenters. The van der Waals surface area contributed by atoms with E-state index < -0.39 is 0 Å². The van der Waals surface area contributed by atoms with Gasteiger partial charge in [0.1, 0.15) is 5.82 Å². The zero-order chi connectivity index (χ0) is 15.4. The number of halogens is 2. The molecule has 0 fully saturated rings. The van der Waals surface area contributed by atoms with Crippen LogP contribution in [0, 0.1) is 0 Å². The van der Waals surface area contributed by atoms with Crippen LogP contribution in [0.15, 0.2) is 30.3 Å². The van der Waals surface area contributed by atoms with Gasteiger partial charge in [-0.2, -0.15) is 0 Å². The number of amides is 1. The van der Waals surface area contributed by atoms with E-state index in [0.717, 1.165) is 0 Å². The number of anilines is 2. The number of hydrogen-bond donors (Lipinski definition) is 2. The molecule has 1 amide bonds. The van der Waals surface area contributed by atoms with Crippen molar-refractivity contribution >= 4 is 40.6 Å². The number of nitrogens with one attached hydrogen (secondary N) is 2. The second-order valence-electron chi connectivity index (χ2n) is 4.69. The summed E-state index contributed by atoms with van der Waals surface area (Å²) in [4.78, 5) is 12.0. The molecule has 0 bridgehead atoms. The van der Waals surface area contributed by atoms with E-state index in [2.05, 4.69) is 20.8 Å². The van der Waals surface area contributed by atoms with E-state index in [-0.39, 0.29) is 17.6 Å². The fraction of sp³-hybridized carbons (Fsp3) is 0.214. The number of benzene rings is 1. The van der Waals surface area contributed by atoms with Crippen LogP contribution in [0.1, 0.15) is 24.3 Å². The Morgan fingerprint density at radius 3 is 2.43 bits per heavy atom. The van der Waals surface area contributed by atoms with Gasteiger partial charge in [-0.05, 0) is 44.2 Å². The molecule has 2 aromatic rings. The fourth-order valence-corrected chi connectivity index (χ4v) is 1.89. The SMILES string of the molecule is CC(C)Nc1ccc(C(=O)Nc2ccc(Cl)c(Cl)c2)nn1. The monoisotopic (exact) mass is 324 g/mol. The van der Waals surface area contributed by atoms with Gasteiger partial charge in [-0.25, -0.2) is 0 Å². The summed E-state index contributed by atoms with van der Waals surface area (Å²) in [5, 5.41) is 14.4. The summed E-state index contributed by atoms with van der Waals surface area (Å²) in [5.41, 5.74) is 0.760. The Bertz CT molecular complexity index is 644. The predicted molar refractivity (Wildman–Crippen MR) is 85.2 cm³/mol. The minimum Gasteiger partial charge on any atom is -0.366 e. The third kappa shape index (κ3) is 4.31. The summed E-state index contributed by atoms with van der Waals surface area (Å²) >= 11 is 11.7. The Balaban J connectivity index is 2.07. The van der Waals surface area contributed by atoms with Crippen LogP contribution in [0.5, 0.6) is 0 Å². The Morgan fingerprint density at radius 2 is 1.86 bits per heavy atom. The second kappa shape index (κ2) is 6.74. The van der Waals surface area contributed by atoms with Crippen molar-refractivity contribution < 1.29 is 4.79 Å². The Hall–Kier alpha value is -1.85. The zero-order valence-electron chi connectivity index (χ0n) is 11.5. The maximum absolute atomic E-state index is 12.0. The number of hydrogen-bond acceptors (Lipinski definition) is 4. The summed E-state index contributed by atoms with van der Waals surface area (Å²) in [5.74, 6) is 0.257. The summed E-state index contributed by atoms with van der Waals surface area (Å²) < 4.78 is 0. The first-order valence-corrected chi connectivity index (χ1v) is 7.08. The lowest BCUT2D eigenvalue weighted by Crippen LogP contribution is -2.16. The van der Waals surface area contributed by atoms with Crippen LogP contribution in [-0.4, -0.2) is 22.1 Å². The van der Waals surface area contributed by atoms with Crippen LogP contribution in [0.3, 0.4) is 0 Å². The van der Waals surface area contributed by atoms with Crippen LogP contribution in [-0.2, 0) is 0 Å². The van der Waals surface area contributed by atoms with Crippen molar-refractivity contribution in [2.75, 3.05) is 10.6 Å². The molecule has 5 nitrogen and oxygen atoms in total. The van der Waals surface area contributed by atoms with Crippen molar-refractivity contribution in [3.8, 4) is 0 Å². The van der Waals surface area contributed by atoms with Crippen molar-refractivity contribution in [3.63, 3.8) is 0 Å². The van der Waals surface area contributed by atoms with Gasteiger partial charge in [-0.3, -0.25) is 4.79 Å². The van der Waals surface area contributed by atoms with Crippen molar-refractivity contribution in [1.29, 1.82) is 0 Å². The Morgan fingerprint density at radius 1 is 1.10 bits per heavy atom. The summed E-state index contributed by atoms with van der Waals surface area (Å²) in [6, 6.07) is 8.40. The van der Waals surface area contributed by atoms with E-state index in [1.54, 1.807) is 30.3 Å². The zero-order valence-corrected chi connectivity index (χ0v) is 13.0. The molecule has 0 aliphatic carbocycles. The first-order chi connectivity index (χ1) is 9.95. The molecule has 2 rings (SSSR count). The van der Waals surface area contributed by atoms with E-state index in [9.17, 15) is 4.79 Å². The number of carbonyl (C=O) groups is 1. The quantitative estimate of drug-likeness (QED) is 0.896. The molecule has 0 saturated heterocycles. The number of nitrogens with zero attached hydrogens (tertiary/aromatic N) is 2. The van der Waals surface area contributed by atoms with E-state index in [1.807, 2.05) is 13.8 Å². The van der Waals surface area contributed by atoms with Crippen molar-refractivity contribution in [2.24, 2.45) is 0 Å². The highest BCUT2D eigenvalue weighted by molar-refractivity contribution is 6.42. The topological polar surface area (TPSA) is 66.9 Å². The van der Waals surface area contributed by atoms with E-state index >= 15 is 0 Å². The van der Waals surface area contributed by atoms with Gasteiger partial charge in [-0.15, -0.1) is 10.2 Å². The minimum absolute atomic E-state index is 0.218. The maximum atomic E-state index is 12.0. The van der Waals surface area contributed by atoms with Gasteiger partial charge in [-0.1, -0.05) is 23.2 Å². The van der Waals surface area contributed by atoms with E-state index in [4.69, 9.17) is 23.2 Å². The molecule has 0 spiro atoms. The van der Waals surface area contributed by atoms with Gasteiger partial charge < -0.3 is 10.6 Å². The van der Waals surface area contributed by atoms with Gasteiger partial charge >= 0.3 is 0 Å². The highest BCUT2D eigenvalue weighted by Crippen LogP contribution is 2.25. The molecule has 0 radical (unpaired) electrons. The predicted octanol–water partition coefficient (Wildman–Crippen LogP) is 3.86. The average Bonchev–Trinajstić information content (AvgIpc) is 2.43. The van der Waals surface area contributed by atoms with Crippen molar-refractivity contribution in [3.05, 3.63) is 46.1 Å². The molecule has 0 saturated carbocycles. The molecule has 21 heavy (non-hydrogen) atoms. The number of rotatable bonds is 4. The summed E-state index contributed by atoms with van der Waals surface area (Å²) in [6.07, 6.45) is 0. The highest BCUT2D eigenvalue weighted by atomic mass is 35.5. The molecule has 1 aromatic carbocycles. The number of carbonyl (C=O) groups excluding carboxylic acids is 1. The largest absolute Gasteiger partial charge is 0.366 e. The van der Waals surface area contributed by atoms with Gasteiger partial charge in [0.25, 0.3) is 5.91 Å². The Kier molecular flexibility index (Phi) is 4.98. The molecule has 2 N–H and O–H groups in total. The smallest absolute Gasteiger partial charge is 0.276 e. The normalized spacial score (nSPS) is 10.5. The van der Waals surface area contributed by atoms with E-state index in [1.165, 1.54) is 0 Å². The van der Waals surface area contributed by atoms with Crippen LogP contribution in [0.2, 0.25) is 10.0 Å². The molecule has 0 unspecified atom stereocenters. The molecule has 1 aromatic heterocycles. The maximum Gasteiger partial charge on any atom is 0.276 e. The molecule has 0 aliphatic rings. The lowest BCUT2D eigenvalue weighted by atomic mass is 10.3. The molecular formula is C14H14Cl2N4O. The first-order valence-electron chi connectivity index (χ1n) is 6.32. The van der Waals surface area contributed by atoms with Crippen LogP contribution in [0.25, 0.3) is 0 Å². The molecule has 1 heterocycles. The van der Waals surface area contributed by atoms with Gasteiger partial charge in [0.15, 0.2) is 5.69 Å². The summed E-state index contributed by atoms with van der Waals surface area (Å²) in [6.45, 7) is 3.99. The average molecular weight is 325 g/mol. The first kappa shape index (κ1) is 15.5. The third-order valence-corrected chi connectivity index (χ3v) is 3.25. The van der Waals surface area contributed by atoms with Crippen molar-refractivity contribution in [1.82, 2.24) is 10.2 Å². The lowest BCUT2D eigenvalue weighted by Gasteiger charge is -2.09. The molecule has 110 valence electrons. The highest BCUT2D eigenvalue weighted by Gasteiger charge is 2.10. The van der Waals surface area contributed by atoms with Crippen LogP contribution in [0.4, 0.5) is 11.5 Å². The van der Waals surface area contributed by atoms with E-state index in [0.29, 0.717) is 21.6 Å². The van der Waals surface area contributed by atoms with Crippen LogP contribution >= 0.6 is 23.2 Å². The van der Waals surface area contributed by atoms with Crippen LogP contribution < -0.4 is 10.6 Å². The molecule has 7 heteroatoms. The second-order valence-corrected chi connectivity index (χ2v) is 5.50. The molecule has 0 aliphatic heterocycles. The van der Waals surface area contributed by atoms with Crippen molar-refractivity contribution in [2.45, 2.75) is 19.9 Å². The summed E-state index contributed by atoms with van der Waals surface area (Å²) in [7, 11) is 0. The Labute approximate surface area is 132 Å². The van der Waals surface area contributed by atoms with Gasteiger partial charge in [0, 0.05) is 11.7 Å². The number of aromatic nitrogens is 2. The molecular weight excluding hydrogens is 311 g/mol. The third-order valence-electron chi connectivity index (χ3n) is 2.51.